The first kappa shape index (κ1) is 14.4. The van der Waals surface area contributed by atoms with E-state index in [9.17, 15) is 4.79 Å². The van der Waals surface area contributed by atoms with Crippen molar-refractivity contribution in [2.45, 2.75) is 32.1 Å². The summed E-state index contributed by atoms with van der Waals surface area (Å²) in [5, 5.41) is 0. The van der Waals surface area contributed by atoms with E-state index in [2.05, 4.69) is 4.90 Å². The maximum absolute atomic E-state index is 13.0. The molecule has 1 aliphatic carbocycles. The molecule has 1 fully saturated rings. The Bertz CT molecular complexity index is 739. The Labute approximate surface area is 136 Å². The minimum atomic E-state index is 0.160. The van der Waals surface area contributed by atoms with E-state index in [0.29, 0.717) is 6.54 Å². The van der Waals surface area contributed by atoms with Crippen molar-refractivity contribution < 1.29 is 4.79 Å². The number of hydrogen-bond donors (Lipinski definition) is 0. The highest BCUT2D eigenvalue weighted by Crippen LogP contribution is 2.33. The number of hydrogen-bond acceptors (Lipinski definition) is 4. The lowest BCUT2D eigenvalue weighted by Gasteiger charge is -2.36. The number of carbonyl (C=O) groups excluding carboxylic acids is 1. The Balaban J connectivity index is 1.74. The Kier molecular flexibility index (Phi) is 3.63. The van der Waals surface area contributed by atoms with Crippen LogP contribution in [0.4, 0.5) is 11.6 Å². The minimum absolute atomic E-state index is 0.160. The zero-order chi connectivity index (χ0) is 15.8. The molecule has 0 saturated heterocycles. The van der Waals surface area contributed by atoms with Gasteiger partial charge in [0, 0.05) is 26.1 Å². The van der Waals surface area contributed by atoms with Gasteiger partial charge in [-0.15, -0.1) is 0 Å². The van der Waals surface area contributed by atoms with Gasteiger partial charge in [-0.1, -0.05) is 31.4 Å². The molecule has 1 saturated carbocycles. The number of benzene rings is 1. The topological polar surface area (TPSA) is 49.3 Å². The Hall–Kier alpha value is -2.17. The summed E-state index contributed by atoms with van der Waals surface area (Å²) in [6.07, 6.45) is 5.62. The molecule has 5 nitrogen and oxygen atoms in total. The third-order valence-electron chi connectivity index (χ3n) is 5.03. The van der Waals surface area contributed by atoms with Crippen molar-refractivity contribution in [2.24, 2.45) is 5.92 Å². The number of anilines is 2. The number of fused-ring (bicyclic) bond motifs is 2. The zero-order valence-corrected chi connectivity index (χ0v) is 13.5. The van der Waals surface area contributed by atoms with Crippen LogP contribution in [0.3, 0.4) is 0 Å². The molecule has 120 valence electrons. The standard InChI is InChI=1S/C18H22N4O/c1-21-11-12-22(18(23)13-7-3-2-4-8-13)17-16(21)19-14-9-5-6-10-15(14)20-17/h5-6,9-10,13H,2-4,7-8,11-12H2,1H3. The fourth-order valence-electron chi connectivity index (χ4n) is 3.66. The molecule has 0 radical (unpaired) electrons. The second-order valence-corrected chi connectivity index (χ2v) is 6.61. The molecule has 23 heavy (non-hydrogen) atoms. The molecular formula is C18H22N4O. The summed E-state index contributed by atoms with van der Waals surface area (Å²) >= 11 is 0. The van der Waals surface area contributed by atoms with Gasteiger partial charge in [0.1, 0.15) is 0 Å². The number of para-hydroxylation sites is 2. The van der Waals surface area contributed by atoms with E-state index in [0.717, 1.165) is 42.1 Å². The number of rotatable bonds is 1. The first-order chi connectivity index (χ1) is 11.2. The van der Waals surface area contributed by atoms with Crippen molar-refractivity contribution >= 4 is 28.6 Å². The predicted molar refractivity (Wildman–Crippen MR) is 91.7 cm³/mol. The number of likely N-dealkylation sites (N-methyl/N-ethyl adjacent to an activating group) is 1. The molecule has 2 aromatic rings. The molecular weight excluding hydrogens is 288 g/mol. The number of carbonyl (C=O) groups is 1. The average Bonchev–Trinajstić information content (AvgIpc) is 2.61. The van der Waals surface area contributed by atoms with Crippen LogP contribution in [0.25, 0.3) is 11.0 Å². The number of amides is 1. The SMILES string of the molecule is CN1CCN(C(=O)C2CCCCC2)c2nc3ccccc3nc21. The first-order valence-electron chi connectivity index (χ1n) is 8.53. The zero-order valence-electron chi connectivity index (χ0n) is 13.5. The van der Waals surface area contributed by atoms with Gasteiger partial charge < -0.3 is 4.90 Å². The molecule has 0 unspecified atom stereocenters. The second kappa shape index (κ2) is 5.80. The van der Waals surface area contributed by atoms with E-state index >= 15 is 0 Å². The summed E-state index contributed by atoms with van der Waals surface area (Å²) in [4.78, 5) is 26.5. The summed E-state index contributed by atoms with van der Waals surface area (Å²) in [6, 6.07) is 7.86. The monoisotopic (exact) mass is 310 g/mol. The van der Waals surface area contributed by atoms with Crippen LogP contribution in [0.2, 0.25) is 0 Å². The van der Waals surface area contributed by atoms with Gasteiger partial charge in [-0.3, -0.25) is 9.69 Å². The molecule has 1 aliphatic heterocycles. The van der Waals surface area contributed by atoms with Gasteiger partial charge in [-0.25, -0.2) is 9.97 Å². The van der Waals surface area contributed by atoms with Crippen LogP contribution in [0.5, 0.6) is 0 Å². The quantitative estimate of drug-likeness (QED) is 0.812. The van der Waals surface area contributed by atoms with Gasteiger partial charge in [0.15, 0.2) is 11.6 Å². The van der Waals surface area contributed by atoms with Crippen molar-refractivity contribution in [3.8, 4) is 0 Å². The molecule has 1 aromatic carbocycles. The lowest BCUT2D eigenvalue weighted by atomic mass is 9.88. The summed E-state index contributed by atoms with van der Waals surface area (Å²) in [5.74, 6) is 1.95. The first-order valence-corrected chi connectivity index (χ1v) is 8.53. The lowest BCUT2D eigenvalue weighted by molar-refractivity contribution is -0.123. The van der Waals surface area contributed by atoms with Crippen LogP contribution >= 0.6 is 0 Å². The van der Waals surface area contributed by atoms with Crippen molar-refractivity contribution in [1.82, 2.24) is 9.97 Å². The summed E-state index contributed by atoms with van der Waals surface area (Å²) < 4.78 is 0. The van der Waals surface area contributed by atoms with E-state index in [1.165, 1.54) is 19.3 Å². The van der Waals surface area contributed by atoms with Crippen molar-refractivity contribution in [1.29, 1.82) is 0 Å². The molecule has 0 atom stereocenters. The molecule has 0 bridgehead atoms. The van der Waals surface area contributed by atoms with Crippen LogP contribution in [0.1, 0.15) is 32.1 Å². The third kappa shape index (κ3) is 2.54. The fraction of sp³-hybridized carbons (Fsp3) is 0.500. The van der Waals surface area contributed by atoms with Crippen LogP contribution in [0.15, 0.2) is 24.3 Å². The summed E-state index contributed by atoms with van der Waals surface area (Å²) in [6.45, 7) is 1.50. The van der Waals surface area contributed by atoms with Gasteiger partial charge in [-0.05, 0) is 25.0 Å². The smallest absolute Gasteiger partial charge is 0.231 e. The minimum Gasteiger partial charge on any atom is -0.355 e. The Morgan fingerprint density at radius 2 is 1.65 bits per heavy atom. The van der Waals surface area contributed by atoms with Crippen LogP contribution in [-0.4, -0.2) is 36.0 Å². The van der Waals surface area contributed by atoms with E-state index in [4.69, 9.17) is 9.97 Å². The van der Waals surface area contributed by atoms with Crippen LogP contribution < -0.4 is 9.80 Å². The average molecular weight is 310 g/mol. The highest BCUT2D eigenvalue weighted by molar-refractivity contribution is 5.98. The maximum atomic E-state index is 13.0. The lowest BCUT2D eigenvalue weighted by Crippen LogP contribution is -2.46. The largest absolute Gasteiger partial charge is 0.355 e. The molecule has 0 spiro atoms. The predicted octanol–water partition coefficient (Wildman–Crippen LogP) is 2.99. The molecule has 1 aromatic heterocycles. The Morgan fingerprint density at radius 3 is 2.35 bits per heavy atom. The third-order valence-corrected chi connectivity index (χ3v) is 5.03. The second-order valence-electron chi connectivity index (χ2n) is 6.61. The van der Waals surface area contributed by atoms with Gasteiger partial charge in [-0.2, -0.15) is 0 Å². The van der Waals surface area contributed by atoms with Crippen molar-refractivity contribution in [2.75, 3.05) is 29.9 Å². The van der Waals surface area contributed by atoms with E-state index < -0.39 is 0 Å². The molecule has 5 heteroatoms. The number of aromatic nitrogens is 2. The molecule has 4 rings (SSSR count). The summed E-state index contributed by atoms with van der Waals surface area (Å²) in [7, 11) is 2.02. The van der Waals surface area contributed by atoms with E-state index in [1.54, 1.807) is 0 Å². The van der Waals surface area contributed by atoms with Crippen molar-refractivity contribution in [3.63, 3.8) is 0 Å². The Morgan fingerprint density at radius 1 is 1.00 bits per heavy atom. The van der Waals surface area contributed by atoms with Gasteiger partial charge in [0.05, 0.1) is 11.0 Å². The van der Waals surface area contributed by atoms with Crippen LogP contribution in [-0.2, 0) is 4.79 Å². The van der Waals surface area contributed by atoms with Gasteiger partial charge in [0.2, 0.25) is 5.91 Å². The number of nitrogens with zero attached hydrogens (tertiary/aromatic N) is 4. The van der Waals surface area contributed by atoms with Gasteiger partial charge >= 0.3 is 0 Å². The van der Waals surface area contributed by atoms with Crippen molar-refractivity contribution in [3.05, 3.63) is 24.3 Å². The molecule has 2 heterocycles. The van der Waals surface area contributed by atoms with E-state index in [1.807, 2.05) is 36.2 Å². The van der Waals surface area contributed by atoms with Crippen LogP contribution in [0, 0.1) is 5.92 Å². The van der Waals surface area contributed by atoms with E-state index in [-0.39, 0.29) is 11.8 Å². The fourth-order valence-corrected chi connectivity index (χ4v) is 3.66. The normalized spacial score (nSPS) is 19.0. The highest BCUT2D eigenvalue weighted by atomic mass is 16.2. The molecule has 2 aliphatic rings. The highest BCUT2D eigenvalue weighted by Gasteiger charge is 2.33. The van der Waals surface area contributed by atoms with Gasteiger partial charge in [0.25, 0.3) is 0 Å². The summed E-state index contributed by atoms with van der Waals surface area (Å²) in [5.41, 5.74) is 1.73. The molecule has 1 amide bonds. The maximum Gasteiger partial charge on any atom is 0.231 e. The molecule has 0 N–H and O–H groups in total.